The number of furan rings is 1. The Balaban J connectivity index is 1.75. The van der Waals surface area contributed by atoms with Gasteiger partial charge in [-0.2, -0.15) is 0 Å². The smallest absolute Gasteiger partial charge is 0.105 e. The average Bonchev–Trinajstić information content (AvgIpc) is 2.67. The first-order chi connectivity index (χ1) is 8.05. The molecule has 96 valence electrons. The van der Waals surface area contributed by atoms with Crippen molar-refractivity contribution in [2.45, 2.75) is 52.5 Å². The van der Waals surface area contributed by atoms with Crippen LogP contribution in [0.1, 0.15) is 45.8 Å². The Bertz CT molecular complexity index is 329. The molecule has 2 atom stereocenters. The minimum absolute atomic E-state index is 0.500. The summed E-state index contributed by atoms with van der Waals surface area (Å²) in [5.74, 6) is 1.93. The van der Waals surface area contributed by atoms with Crippen LogP contribution in [0.5, 0.6) is 0 Å². The van der Waals surface area contributed by atoms with E-state index in [1.165, 1.54) is 19.3 Å². The topological polar surface area (TPSA) is 25.2 Å². The van der Waals surface area contributed by atoms with Crippen molar-refractivity contribution in [2.75, 3.05) is 6.54 Å². The van der Waals surface area contributed by atoms with Crippen molar-refractivity contribution < 1.29 is 4.42 Å². The molecule has 1 aliphatic rings. The van der Waals surface area contributed by atoms with E-state index in [2.05, 4.69) is 32.2 Å². The summed E-state index contributed by atoms with van der Waals surface area (Å²) in [6, 6.07) is 4.69. The second kappa shape index (κ2) is 5.26. The second-order valence-electron chi connectivity index (χ2n) is 6.39. The Morgan fingerprint density at radius 2 is 2.24 bits per heavy atom. The van der Waals surface area contributed by atoms with Crippen molar-refractivity contribution in [2.24, 2.45) is 11.3 Å². The van der Waals surface area contributed by atoms with Crippen LogP contribution in [0.15, 0.2) is 22.8 Å². The van der Waals surface area contributed by atoms with Crippen molar-refractivity contribution in [3.8, 4) is 0 Å². The van der Waals surface area contributed by atoms with Crippen molar-refractivity contribution >= 4 is 0 Å². The maximum Gasteiger partial charge on any atom is 0.105 e. The highest BCUT2D eigenvalue weighted by atomic mass is 16.3. The van der Waals surface area contributed by atoms with E-state index in [1.807, 2.05) is 6.07 Å². The molecule has 0 radical (unpaired) electrons. The summed E-state index contributed by atoms with van der Waals surface area (Å²) >= 11 is 0. The molecule has 2 rings (SSSR count). The second-order valence-corrected chi connectivity index (χ2v) is 6.39. The quantitative estimate of drug-likeness (QED) is 0.862. The van der Waals surface area contributed by atoms with Gasteiger partial charge in [0.15, 0.2) is 0 Å². The fraction of sp³-hybridized carbons (Fsp3) is 0.733. The highest BCUT2D eigenvalue weighted by Gasteiger charge is 2.31. The van der Waals surface area contributed by atoms with Crippen molar-refractivity contribution in [1.82, 2.24) is 5.32 Å². The molecule has 0 saturated heterocycles. The molecular formula is C15H25NO. The summed E-state index contributed by atoms with van der Waals surface area (Å²) in [5, 5.41) is 3.69. The van der Waals surface area contributed by atoms with E-state index in [-0.39, 0.29) is 0 Å². The monoisotopic (exact) mass is 235 g/mol. The number of hydrogen-bond donors (Lipinski definition) is 1. The van der Waals surface area contributed by atoms with Crippen molar-refractivity contribution in [3.05, 3.63) is 24.2 Å². The zero-order chi connectivity index (χ0) is 12.3. The molecule has 0 bridgehead atoms. The molecule has 1 aromatic rings. The van der Waals surface area contributed by atoms with Crippen LogP contribution in [0.3, 0.4) is 0 Å². The highest BCUT2D eigenvalue weighted by molar-refractivity contribution is 4.98. The van der Waals surface area contributed by atoms with E-state index < -0.39 is 0 Å². The Labute approximate surface area is 105 Å². The van der Waals surface area contributed by atoms with Crippen LogP contribution in [0.2, 0.25) is 0 Å². The van der Waals surface area contributed by atoms with Gasteiger partial charge in [-0.3, -0.25) is 0 Å². The van der Waals surface area contributed by atoms with E-state index in [0.29, 0.717) is 11.5 Å². The van der Waals surface area contributed by atoms with Gasteiger partial charge in [-0.05, 0) is 42.7 Å². The highest BCUT2D eigenvalue weighted by Crippen LogP contribution is 2.38. The van der Waals surface area contributed by atoms with Gasteiger partial charge >= 0.3 is 0 Å². The van der Waals surface area contributed by atoms with E-state index in [4.69, 9.17) is 4.42 Å². The van der Waals surface area contributed by atoms with Gasteiger partial charge < -0.3 is 9.73 Å². The van der Waals surface area contributed by atoms with Crippen LogP contribution in [0.4, 0.5) is 0 Å². The van der Waals surface area contributed by atoms with Crippen LogP contribution in [-0.4, -0.2) is 12.6 Å². The third-order valence-corrected chi connectivity index (χ3v) is 3.77. The predicted molar refractivity (Wildman–Crippen MR) is 71.0 cm³/mol. The molecule has 0 amide bonds. The van der Waals surface area contributed by atoms with Gasteiger partial charge in [0.05, 0.1) is 6.26 Å². The van der Waals surface area contributed by atoms with E-state index in [1.54, 1.807) is 6.26 Å². The molecule has 0 aliphatic heterocycles. The van der Waals surface area contributed by atoms with Gasteiger partial charge in [-0.25, -0.2) is 0 Å². The molecule has 1 saturated carbocycles. The molecule has 1 aromatic heterocycles. The maximum atomic E-state index is 5.34. The Hall–Kier alpha value is -0.760. The van der Waals surface area contributed by atoms with Crippen LogP contribution < -0.4 is 5.32 Å². The Morgan fingerprint density at radius 3 is 2.88 bits per heavy atom. The van der Waals surface area contributed by atoms with Crippen LogP contribution in [0, 0.1) is 11.3 Å². The molecule has 2 heteroatoms. The first kappa shape index (κ1) is 12.7. The summed E-state index contributed by atoms with van der Waals surface area (Å²) in [6.45, 7) is 8.19. The molecule has 1 fully saturated rings. The van der Waals surface area contributed by atoms with Crippen LogP contribution in [0.25, 0.3) is 0 Å². The molecule has 2 nitrogen and oxygen atoms in total. The summed E-state index contributed by atoms with van der Waals surface area (Å²) in [4.78, 5) is 0. The number of hydrogen-bond acceptors (Lipinski definition) is 2. The number of nitrogens with one attached hydrogen (secondary N) is 1. The fourth-order valence-corrected chi connectivity index (χ4v) is 3.36. The zero-order valence-corrected chi connectivity index (χ0v) is 11.3. The molecule has 0 spiro atoms. The zero-order valence-electron chi connectivity index (χ0n) is 11.3. The molecule has 2 unspecified atom stereocenters. The van der Waals surface area contributed by atoms with E-state index in [0.717, 1.165) is 24.6 Å². The van der Waals surface area contributed by atoms with Gasteiger partial charge in [0, 0.05) is 19.0 Å². The van der Waals surface area contributed by atoms with E-state index >= 15 is 0 Å². The minimum Gasteiger partial charge on any atom is -0.469 e. The molecule has 1 heterocycles. The largest absolute Gasteiger partial charge is 0.469 e. The molecular weight excluding hydrogens is 210 g/mol. The summed E-state index contributed by atoms with van der Waals surface area (Å²) in [5.41, 5.74) is 0.500. The van der Waals surface area contributed by atoms with Gasteiger partial charge in [0.2, 0.25) is 0 Å². The van der Waals surface area contributed by atoms with Gasteiger partial charge in [-0.1, -0.05) is 20.8 Å². The first-order valence-corrected chi connectivity index (χ1v) is 6.81. The molecule has 1 aliphatic carbocycles. The average molecular weight is 235 g/mol. The van der Waals surface area contributed by atoms with Gasteiger partial charge in [0.25, 0.3) is 0 Å². The molecule has 0 aromatic carbocycles. The SMILES string of the molecule is CC1CC(NCCc2ccco2)CC(C)(C)C1. The fourth-order valence-electron chi connectivity index (χ4n) is 3.36. The lowest BCUT2D eigenvalue weighted by Gasteiger charge is -2.39. The summed E-state index contributed by atoms with van der Waals surface area (Å²) in [7, 11) is 0. The molecule has 1 N–H and O–H groups in total. The third kappa shape index (κ3) is 3.88. The van der Waals surface area contributed by atoms with Gasteiger partial charge in [-0.15, -0.1) is 0 Å². The molecule has 17 heavy (non-hydrogen) atoms. The van der Waals surface area contributed by atoms with Crippen LogP contribution in [-0.2, 0) is 6.42 Å². The van der Waals surface area contributed by atoms with Crippen LogP contribution >= 0.6 is 0 Å². The number of rotatable bonds is 4. The Morgan fingerprint density at radius 1 is 1.41 bits per heavy atom. The first-order valence-electron chi connectivity index (χ1n) is 6.81. The van der Waals surface area contributed by atoms with Crippen molar-refractivity contribution in [1.29, 1.82) is 0 Å². The summed E-state index contributed by atoms with van der Waals surface area (Å²) < 4.78 is 5.34. The lowest BCUT2D eigenvalue weighted by molar-refractivity contribution is 0.152. The summed E-state index contributed by atoms with van der Waals surface area (Å²) in [6.07, 6.45) is 6.74. The lowest BCUT2D eigenvalue weighted by Crippen LogP contribution is -2.40. The van der Waals surface area contributed by atoms with E-state index in [9.17, 15) is 0 Å². The van der Waals surface area contributed by atoms with Gasteiger partial charge in [0.1, 0.15) is 5.76 Å². The normalized spacial score (nSPS) is 28.2. The van der Waals surface area contributed by atoms with Crippen molar-refractivity contribution in [3.63, 3.8) is 0 Å². The standard InChI is InChI=1S/C15H25NO/c1-12-9-13(11-15(2,3)10-12)16-7-6-14-5-4-8-17-14/h4-5,8,12-13,16H,6-7,9-11H2,1-3H3. The Kier molecular flexibility index (Phi) is 3.93. The third-order valence-electron chi connectivity index (χ3n) is 3.77. The maximum absolute atomic E-state index is 5.34. The lowest BCUT2D eigenvalue weighted by atomic mass is 9.70. The predicted octanol–water partition coefficient (Wildman–Crippen LogP) is 3.63. The minimum atomic E-state index is 0.500.